The summed E-state index contributed by atoms with van der Waals surface area (Å²) >= 11 is 0. The Kier molecular flexibility index (Phi) is 8.66. The van der Waals surface area contributed by atoms with Crippen molar-refractivity contribution in [2.24, 2.45) is 0 Å². The van der Waals surface area contributed by atoms with Gasteiger partial charge in [-0.1, -0.05) is 12.1 Å². The minimum Gasteiger partial charge on any atom is -0.463 e. The molecule has 0 atom stereocenters. The van der Waals surface area contributed by atoms with Gasteiger partial charge in [0.1, 0.15) is 23.7 Å². The highest BCUT2D eigenvalue weighted by molar-refractivity contribution is 5.67. The van der Waals surface area contributed by atoms with Crippen LogP contribution >= 0.6 is 0 Å². The molecule has 0 aliphatic rings. The van der Waals surface area contributed by atoms with Crippen molar-refractivity contribution in [2.75, 3.05) is 44.4 Å². The molecule has 0 amide bonds. The van der Waals surface area contributed by atoms with E-state index in [0.717, 1.165) is 39.6 Å². The average Bonchev–Trinajstić information content (AvgIpc) is 3.62. The van der Waals surface area contributed by atoms with Crippen LogP contribution in [-0.4, -0.2) is 52.9 Å². The topological polar surface area (TPSA) is 59.1 Å². The first kappa shape index (κ1) is 28.6. The molecule has 6 rings (SSSR count). The molecular weight excluding hydrogens is 534 g/mol. The summed E-state index contributed by atoms with van der Waals surface area (Å²) in [6.45, 7) is 3.28. The molecule has 2 aromatic carbocycles. The van der Waals surface area contributed by atoms with Gasteiger partial charge >= 0.3 is 0 Å². The number of halogens is 2. The van der Waals surface area contributed by atoms with Crippen LogP contribution in [-0.2, 0) is 0 Å². The van der Waals surface area contributed by atoms with Gasteiger partial charge in [0.25, 0.3) is 0 Å². The highest BCUT2D eigenvalue weighted by Gasteiger charge is 2.08. The number of aromatic nitrogens is 4. The van der Waals surface area contributed by atoms with Crippen LogP contribution in [0.4, 0.5) is 20.2 Å². The number of hydrogen-bond acceptors (Lipinski definition) is 5. The van der Waals surface area contributed by atoms with Crippen molar-refractivity contribution < 1.29 is 13.5 Å². The van der Waals surface area contributed by atoms with Gasteiger partial charge in [0.15, 0.2) is 0 Å². The Hall–Kier alpha value is -4.92. The van der Waals surface area contributed by atoms with Crippen LogP contribution in [0, 0.1) is 13.8 Å². The maximum atomic E-state index is 12.2. The molecule has 0 aliphatic carbocycles. The fourth-order valence-corrected chi connectivity index (χ4v) is 4.50. The van der Waals surface area contributed by atoms with Crippen molar-refractivity contribution in [3.63, 3.8) is 0 Å². The first-order chi connectivity index (χ1) is 20.3. The molecule has 0 spiro atoms. The van der Waals surface area contributed by atoms with E-state index in [4.69, 9.17) is 9.72 Å². The number of imidazole rings is 2. The van der Waals surface area contributed by atoms with E-state index in [2.05, 4.69) is 76.2 Å². The highest BCUT2D eigenvalue weighted by Crippen LogP contribution is 2.25. The fourth-order valence-electron chi connectivity index (χ4n) is 4.50. The molecule has 0 saturated carbocycles. The van der Waals surface area contributed by atoms with Crippen LogP contribution in [0.25, 0.3) is 33.8 Å². The zero-order valence-corrected chi connectivity index (χ0v) is 24.2. The zero-order chi connectivity index (χ0) is 29.6. The van der Waals surface area contributed by atoms with Gasteiger partial charge in [0.05, 0.1) is 11.4 Å². The lowest BCUT2D eigenvalue weighted by Gasteiger charge is -2.11. The van der Waals surface area contributed by atoms with Gasteiger partial charge in [0, 0.05) is 80.1 Å². The van der Waals surface area contributed by atoms with Crippen molar-refractivity contribution in [1.29, 1.82) is 0 Å². The van der Waals surface area contributed by atoms with E-state index in [-0.39, 0.29) is 6.54 Å². The second kappa shape index (κ2) is 12.7. The molecule has 9 heteroatoms. The van der Waals surface area contributed by atoms with Crippen molar-refractivity contribution in [2.45, 2.75) is 13.8 Å². The van der Waals surface area contributed by atoms with Crippen LogP contribution in [0.1, 0.15) is 11.1 Å². The molecule has 0 bridgehead atoms. The predicted octanol–water partition coefficient (Wildman–Crippen LogP) is 7.37. The summed E-state index contributed by atoms with van der Waals surface area (Å²) < 4.78 is 33.0. The zero-order valence-electron chi connectivity index (χ0n) is 24.2. The number of nitrogens with zero attached hydrogens (tertiary/aromatic N) is 5. The number of ether oxygens (including phenoxy) is 1. The number of rotatable bonds is 8. The summed E-state index contributed by atoms with van der Waals surface area (Å²) in [5, 5.41) is 2.98. The van der Waals surface area contributed by atoms with Gasteiger partial charge < -0.3 is 23.8 Å². The molecule has 0 radical (unpaired) electrons. The third-order valence-corrected chi connectivity index (χ3v) is 7.02. The number of fused-ring (bicyclic) bond motifs is 2. The molecule has 1 N–H and O–H groups in total. The number of benzene rings is 2. The largest absolute Gasteiger partial charge is 0.463 e. The summed E-state index contributed by atoms with van der Waals surface area (Å²) in [6, 6.07) is 21.5. The Balaban J connectivity index is 0.000000169. The molecule has 42 heavy (non-hydrogen) atoms. The number of alkyl halides is 2. The van der Waals surface area contributed by atoms with Crippen LogP contribution in [0.5, 0.6) is 5.75 Å². The summed E-state index contributed by atoms with van der Waals surface area (Å²) in [4.78, 5) is 11.4. The fraction of sp³-hybridized carbons (Fsp3) is 0.212. The van der Waals surface area contributed by atoms with Crippen molar-refractivity contribution >= 4 is 22.7 Å². The number of nitrogens with one attached hydrogen (secondary N) is 1. The minimum atomic E-state index is -0.845. The van der Waals surface area contributed by atoms with Gasteiger partial charge in [-0.15, -0.1) is 0 Å². The van der Waals surface area contributed by atoms with Crippen LogP contribution in [0.3, 0.4) is 0 Å². The van der Waals surface area contributed by atoms with E-state index in [1.54, 1.807) is 12.1 Å². The third-order valence-electron chi connectivity index (χ3n) is 7.02. The Morgan fingerprint density at radius 2 is 1.40 bits per heavy atom. The SMILES string of the molecule is Cc1ccc(-c2cn3ccc(N(C)C)cc3n2)cc1C.FCCNc1ccn2cc(-c3ccc(OCF)cc3)nc2c1. The van der Waals surface area contributed by atoms with Gasteiger partial charge in [0.2, 0.25) is 6.86 Å². The Morgan fingerprint density at radius 3 is 2.05 bits per heavy atom. The first-order valence-corrected chi connectivity index (χ1v) is 13.7. The third kappa shape index (κ3) is 6.52. The summed E-state index contributed by atoms with van der Waals surface area (Å²) in [5.41, 5.74) is 10.2. The molecule has 4 heterocycles. The Morgan fingerprint density at radius 1 is 0.762 bits per heavy atom. The van der Waals surface area contributed by atoms with E-state index in [0.29, 0.717) is 5.75 Å². The van der Waals surface area contributed by atoms with Crippen LogP contribution in [0.2, 0.25) is 0 Å². The quantitative estimate of drug-likeness (QED) is 0.208. The summed E-state index contributed by atoms with van der Waals surface area (Å²) in [5.74, 6) is 0.479. The van der Waals surface area contributed by atoms with E-state index in [1.165, 1.54) is 16.7 Å². The van der Waals surface area contributed by atoms with E-state index in [1.807, 2.05) is 55.2 Å². The summed E-state index contributed by atoms with van der Waals surface area (Å²) in [6.07, 6.45) is 7.91. The number of hydrogen-bond donors (Lipinski definition) is 1. The average molecular weight is 569 g/mol. The molecule has 4 aromatic heterocycles. The summed E-state index contributed by atoms with van der Waals surface area (Å²) in [7, 11) is 4.08. The smallest absolute Gasteiger partial charge is 0.228 e. The second-order valence-electron chi connectivity index (χ2n) is 10.2. The van der Waals surface area contributed by atoms with Gasteiger partial charge in [-0.2, -0.15) is 0 Å². The molecule has 216 valence electrons. The minimum absolute atomic E-state index is 0.278. The lowest BCUT2D eigenvalue weighted by molar-refractivity contribution is 0.192. The van der Waals surface area contributed by atoms with E-state index < -0.39 is 13.5 Å². The normalized spacial score (nSPS) is 10.9. The van der Waals surface area contributed by atoms with Crippen LogP contribution in [0.15, 0.2) is 91.5 Å². The van der Waals surface area contributed by atoms with Gasteiger partial charge in [-0.3, -0.25) is 0 Å². The van der Waals surface area contributed by atoms with E-state index in [9.17, 15) is 8.78 Å². The standard InChI is InChI=1S/C17H19N3.C16H15F2N3O/c1-12-5-6-14(9-13(12)2)16-11-20-8-7-15(19(3)4)10-17(20)18-16;17-6-7-19-13-5-8-21-10-15(20-16(21)9-13)12-1-3-14(4-2-12)22-11-18/h5-11H,1-4H3;1-5,8-10,19H,6-7,11H2. The molecule has 0 fully saturated rings. The van der Waals surface area contributed by atoms with Crippen molar-refractivity contribution in [3.8, 4) is 28.3 Å². The van der Waals surface area contributed by atoms with Crippen molar-refractivity contribution in [3.05, 3.63) is 103 Å². The lowest BCUT2D eigenvalue weighted by atomic mass is 10.1. The van der Waals surface area contributed by atoms with Crippen molar-refractivity contribution in [1.82, 2.24) is 18.8 Å². The highest BCUT2D eigenvalue weighted by atomic mass is 19.1. The monoisotopic (exact) mass is 568 g/mol. The molecule has 6 aromatic rings. The predicted molar refractivity (Wildman–Crippen MR) is 166 cm³/mol. The Bertz CT molecular complexity index is 1790. The van der Waals surface area contributed by atoms with Gasteiger partial charge in [-0.25, -0.2) is 18.7 Å². The Labute approximate surface area is 244 Å². The molecule has 0 aliphatic heterocycles. The molecule has 0 saturated heterocycles. The first-order valence-electron chi connectivity index (χ1n) is 13.7. The molecule has 7 nitrogen and oxygen atoms in total. The molecule has 0 unspecified atom stereocenters. The number of aryl methyl sites for hydroxylation is 2. The second-order valence-corrected chi connectivity index (χ2v) is 10.2. The lowest BCUT2D eigenvalue weighted by Crippen LogP contribution is -2.08. The maximum absolute atomic E-state index is 12.2. The number of anilines is 2. The van der Waals surface area contributed by atoms with Gasteiger partial charge in [-0.05, 0) is 67.4 Å². The van der Waals surface area contributed by atoms with E-state index >= 15 is 0 Å². The molecular formula is C33H34F2N6O. The maximum Gasteiger partial charge on any atom is 0.228 e. The number of pyridine rings is 2. The van der Waals surface area contributed by atoms with Crippen LogP contribution < -0.4 is 15.0 Å².